The van der Waals surface area contributed by atoms with Crippen LogP contribution >= 0.6 is 0 Å². The van der Waals surface area contributed by atoms with Gasteiger partial charge < -0.3 is 11.5 Å². The van der Waals surface area contributed by atoms with E-state index in [9.17, 15) is 0 Å². The Bertz CT molecular complexity index is 1390. The Morgan fingerprint density at radius 3 is 0.963 bits per heavy atom. The number of benzene rings is 4. The fourth-order valence-corrected chi connectivity index (χ4v) is 8.52. The maximum atomic E-state index is 6.09. The van der Waals surface area contributed by atoms with Gasteiger partial charge in [0.05, 0.1) is 0 Å². The normalized spacial score (nSPS) is 13.2. The van der Waals surface area contributed by atoms with Gasteiger partial charge in [-0.1, -0.05) is 203 Å². The van der Waals surface area contributed by atoms with E-state index in [0.717, 1.165) is 24.2 Å². The summed E-state index contributed by atoms with van der Waals surface area (Å²) >= 11 is 0. The summed E-state index contributed by atoms with van der Waals surface area (Å²) in [7, 11) is 0. The van der Waals surface area contributed by atoms with Crippen molar-refractivity contribution >= 4 is 11.4 Å². The summed E-state index contributed by atoms with van der Waals surface area (Å²) in [5, 5.41) is 0. The fourth-order valence-electron chi connectivity index (χ4n) is 8.52. The van der Waals surface area contributed by atoms with Crippen molar-refractivity contribution in [3.63, 3.8) is 0 Å². The number of hydrogen-bond acceptors (Lipinski definition) is 2. The molecule has 0 saturated heterocycles. The predicted octanol–water partition coefficient (Wildman–Crippen LogP) is 15.4. The van der Waals surface area contributed by atoms with Crippen molar-refractivity contribution in [2.24, 2.45) is 5.92 Å². The average Bonchev–Trinajstić information content (AvgIpc) is 3.19. The van der Waals surface area contributed by atoms with E-state index >= 15 is 0 Å². The third-order valence-corrected chi connectivity index (χ3v) is 11.9. The summed E-state index contributed by atoms with van der Waals surface area (Å²) in [6, 6.07) is 36.7. The van der Waals surface area contributed by atoms with Gasteiger partial charge in [0.2, 0.25) is 0 Å². The molecule has 54 heavy (non-hydrogen) atoms. The molecule has 4 aromatic carbocycles. The molecule has 4 N–H and O–H groups in total. The lowest BCUT2D eigenvalue weighted by Gasteiger charge is -2.21. The first kappa shape index (κ1) is 43.2. The highest BCUT2D eigenvalue weighted by Crippen LogP contribution is 2.34. The SMILES string of the molecule is CCCCCCCCCC(c1ccc(N)cc1)c1ccc(CC(CCCCC)Cc2ccc(C(CCCCCCCCC)c3ccc(N)cc3)cc2)cc1. The minimum Gasteiger partial charge on any atom is -0.399 e. The van der Waals surface area contributed by atoms with Gasteiger partial charge in [-0.2, -0.15) is 0 Å². The van der Waals surface area contributed by atoms with Crippen LogP contribution in [0.1, 0.15) is 194 Å². The molecule has 0 radical (unpaired) electrons. The third kappa shape index (κ3) is 15.7. The smallest absolute Gasteiger partial charge is 0.0314 e. The molecule has 2 atom stereocenters. The first-order valence-corrected chi connectivity index (χ1v) is 22.4. The zero-order valence-corrected chi connectivity index (χ0v) is 34.7. The van der Waals surface area contributed by atoms with Gasteiger partial charge in [-0.25, -0.2) is 0 Å². The first-order chi connectivity index (χ1) is 26.5. The van der Waals surface area contributed by atoms with E-state index in [1.165, 1.54) is 162 Å². The first-order valence-electron chi connectivity index (χ1n) is 22.4. The summed E-state index contributed by atoms with van der Waals surface area (Å²) < 4.78 is 0. The van der Waals surface area contributed by atoms with E-state index in [4.69, 9.17) is 11.5 Å². The lowest BCUT2D eigenvalue weighted by atomic mass is 9.83. The van der Waals surface area contributed by atoms with Gasteiger partial charge in [-0.05, 0) is 95.7 Å². The van der Waals surface area contributed by atoms with Crippen molar-refractivity contribution in [3.8, 4) is 0 Å². The number of rotatable bonds is 28. The minimum atomic E-state index is 0.428. The van der Waals surface area contributed by atoms with Gasteiger partial charge in [-0.15, -0.1) is 0 Å². The molecule has 0 aliphatic heterocycles. The Labute approximate surface area is 332 Å². The lowest BCUT2D eigenvalue weighted by Crippen LogP contribution is -2.10. The summed E-state index contributed by atoms with van der Waals surface area (Å²) in [4.78, 5) is 0. The van der Waals surface area contributed by atoms with Gasteiger partial charge in [0.15, 0.2) is 0 Å². The van der Waals surface area contributed by atoms with E-state index in [1.54, 1.807) is 0 Å². The molecule has 2 nitrogen and oxygen atoms in total. The topological polar surface area (TPSA) is 52.0 Å². The van der Waals surface area contributed by atoms with E-state index in [-0.39, 0.29) is 0 Å². The average molecular weight is 729 g/mol. The highest BCUT2D eigenvalue weighted by atomic mass is 14.5. The van der Waals surface area contributed by atoms with Gasteiger partial charge in [0, 0.05) is 23.2 Å². The molecule has 0 aliphatic rings. The van der Waals surface area contributed by atoms with Crippen LogP contribution in [0, 0.1) is 5.92 Å². The highest BCUT2D eigenvalue weighted by Gasteiger charge is 2.18. The molecule has 4 rings (SSSR count). The summed E-state index contributed by atoms with van der Waals surface area (Å²) in [6.45, 7) is 6.91. The van der Waals surface area contributed by atoms with Crippen LogP contribution in [0.25, 0.3) is 0 Å². The lowest BCUT2D eigenvalue weighted by molar-refractivity contribution is 0.452. The monoisotopic (exact) mass is 729 g/mol. The molecule has 0 spiro atoms. The Kier molecular flexibility index (Phi) is 20.4. The maximum absolute atomic E-state index is 6.09. The second-order valence-corrected chi connectivity index (χ2v) is 16.5. The molecule has 4 aromatic rings. The number of nitrogen functional groups attached to an aromatic ring is 2. The molecule has 0 aromatic heterocycles. The second kappa shape index (κ2) is 25.5. The van der Waals surface area contributed by atoms with Crippen molar-refractivity contribution in [3.05, 3.63) is 130 Å². The molecule has 0 heterocycles. The molecule has 0 fully saturated rings. The van der Waals surface area contributed by atoms with Crippen LogP contribution in [-0.2, 0) is 12.8 Å². The van der Waals surface area contributed by atoms with Crippen LogP contribution in [0.2, 0.25) is 0 Å². The molecule has 0 aliphatic carbocycles. The summed E-state index contributed by atoms with van der Waals surface area (Å²) in [6.07, 6.45) is 28.7. The Morgan fingerprint density at radius 1 is 0.333 bits per heavy atom. The highest BCUT2D eigenvalue weighted by molar-refractivity contribution is 5.44. The van der Waals surface area contributed by atoms with E-state index < -0.39 is 0 Å². The van der Waals surface area contributed by atoms with E-state index in [2.05, 4.69) is 118 Å². The van der Waals surface area contributed by atoms with Gasteiger partial charge in [-0.3, -0.25) is 0 Å². The van der Waals surface area contributed by atoms with Crippen molar-refractivity contribution in [2.45, 2.75) is 174 Å². The van der Waals surface area contributed by atoms with Crippen molar-refractivity contribution < 1.29 is 0 Å². The van der Waals surface area contributed by atoms with Crippen molar-refractivity contribution in [1.29, 1.82) is 0 Å². The third-order valence-electron chi connectivity index (χ3n) is 11.9. The van der Waals surface area contributed by atoms with Crippen molar-refractivity contribution in [1.82, 2.24) is 0 Å². The second-order valence-electron chi connectivity index (χ2n) is 16.5. The van der Waals surface area contributed by atoms with Crippen LogP contribution < -0.4 is 11.5 Å². The Balaban J connectivity index is 1.41. The molecule has 0 saturated carbocycles. The van der Waals surface area contributed by atoms with Crippen LogP contribution in [0.5, 0.6) is 0 Å². The van der Waals surface area contributed by atoms with Crippen LogP contribution in [0.15, 0.2) is 97.1 Å². The molecule has 2 unspecified atom stereocenters. The maximum Gasteiger partial charge on any atom is 0.0314 e. The van der Waals surface area contributed by atoms with Gasteiger partial charge >= 0.3 is 0 Å². The van der Waals surface area contributed by atoms with E-state index in [0.29, 0.717) is 17.8 Å². The van der Waals surface area contributed by atoms with Crippen molar-refractivity contribution in [2.75, 3.05) is 11.5 Å². The number of nitrogens with two attached hydrogens (primary N) is 2. The number of unbranched alkanes of at least 4 members (excludes halogenated alkanes) is 14. The summed E-state index contributed by atoms with van der Waals surface area (Å²) in [5.41, 5.74) is 22.5. The zero-order valence-electron chi connectivity index (χ0n) is 34.7. The van der Waals surface area contributed by atoms with Crippen LogP contribution in [0.3, 0.4) is 0 Å². The quantitative estimate of drug-likeness (QED) is 0.0452. The fraction of sp³-hybridized carbons (Fsp3) is 0.538. The molecular formula is C52H76N2. The summed E-state index contributed by atoms with van der Waals surface area (Å²) in [5.74, 6) is 1.50. The van der Waals surface area contributed by atoms with Gasteiger partial charge in [0.1, 0.15) is 0 Å². The molecule has 294 valence electrons. The standard InChI is InChI=1S/C52H76N2/c1-4-7-10-12-14-16-19-22-51(47-32-36-49(53)37-33-47)45-28-24-42(25-29-45)40-44(21-18-9-6-3)41-43-26-30-46(31-27-43)52(48-34-38-50(54)39-35-48)23-20-17-15-13-11-8-5-2/h24-39,44,51-52H,4-23,40-41,53-54H2,1-3H3. The van der Waals surface area contributed by atoms with Gasteiger partial charge in [0.25, 0.3) is 0 Å². The molecular weight excluding hydrogens is 653 g/mol. The minimum absolute atomic E-state index is 0.428. The van der Waals surface area contributed by atoms with Crippen LogP contribution in [-0.4, -0.2) is 0 Å². The number of anilines is 2. The molecule has 0 bridgehead atoms. The molecule has 0 amide bonds. The Morgan fingerprint density at radius 2 is 0.611 bits per heavy atom. The zero-order chi connectivity index (χ0) is 38.2. The molecule has 2 heteroatoms. The predicted molar refractivity (Wildman–Crippen MR) is 239 cm³/mol. The largest absolute Gasteiger partial charge is 0.399 e. The Hall–Kier alpha value is -3.52. The van der Waals surface area contributed by atoms with Crippen LogP contribution in [0.4, 0.5) is 11.4 Å². The number of hydrogen-bond donors (Lipinski definition) is 2. The van der Waals surface area contributed by atoms with E-state index in [1.807, 2.05) is 0 Å².